The van der Waals surface area contributed by atoms with Crippen molar-refractivity contribution in [3.05, 3.63) is 58.9 Å². The van der Waals surface area contributed by atoms with Crippen LogP contribution in [0.3, 0.4) is 0 Å². The lowest BCUT2D eigenvalue weighted by atomic mass is 10.2. The first-order valence-electron chi connectivity index (χ1n) is 7.74. The van der Waals surface area contributed by atoms with Crippen LogP contribution in [-0.4, -0.2) is 31.7 Å². The van der Waals surface area contributed by atoms with Crippen molar-refractivity contribution >= 4 is 33.2 Å². The third kappa shape index (κ3) is 3.84. The molecule has 0 bridgehead atoms. The van der Waals surface area contributed by atoms with Gasteiger partial charge in [0.2, 0.25) is 10.0 Å². The number of hydrogen-bond donors (Lipinski definition) is 1. The number of rotatable bonds is 4. The predicted molar refractivity (Wildman–Crippen MR) is 93.8 cm³/mol. The van der Waals surface area contributed by atoms with E-state index in [9.17, 15) is 17.6 Å². The molecule has 0 spiro atoms. The van der Waals surface area contributed by atoms with Crippen LogP contribution in [-0.2, 0) is 10.0 Å². The number of carbonyl (C=O) groups excluding carboxylic acids is 1. The molecule has 25 heavy (non-hydrogen) atoms. The molecule has 1 saturated heterocycles. The summed E-state index contributed by atoms with van der Waals surface area (Å²) >= 11 is 5.78. The van der Waals surface area contributed by atoms with Crippen LogP contribution in [0.2, 0.25) is 5.02 Å². The number of halogens is 2. The van der Waals surface area contributed by atoms with Gasteiger partial charge in [-0.2, -0.15) is 4.31 Å². The molecule has 1 aliphatic rings. The number of hydrogen-bond acceptors (Lipinski definition) is 3. The molecule has 1 fully saturated rings. The molecule has 2 aromatic carbocycles. The Balaban J connectivity index is 1.88. The van der Waals surface area contributed by atoms with E-state index in [0.29, 0.717) is 23.8 Å². The maximum atomic E-state index is 14.1. The Hall–Kier alpha value is -1.96. The molecule has 1 amide bonds. The lowest BCUT2D eigenvalue weighted by molar-refractivity contribution is 0.102. The molecule has 0 saturated carbocycles. The fourth-order valence-corrected chi connectivity index (χ4v) is 4.32. The Bertz CT molecular complexity index is 895. The monoisotopic (exact) mass is 382 g/mol. The summed E-state index contributed by atoms with van der Waals surface area (Å²) in [5.41, 5.74) is 0.108. The summed E-state index contributed by atoms with van der Waals surface area (Å²) in [6.45, 7) is 0.873. The highest BCUT2D eigenvalue weighted by Gasteiger charge is 2.28. The van der Waals surface area contributed by atoms with Crippen molar-refractivity contribution in [1.82, 2.24) is 4.31 Å². The molecule has 0 unspecified atom stereocenters. The third-order valence-corrected chi connectivity index (χ3v) is 6.13. The SMILES string of the molecule is O=C(Nc1ccc(Cl)cc1)c1cc(S(=O)(=O)N2CCCC2)ccc1F. The Morgan fingerprint density at radius 3 is 2.36 bits per heavy atom. The molecule has 0 aromatic heterocycles. The smallest absolute Gasteiger partial charge is 0.258 e. The second kappa shape index (κ2) is 7.11. The van der Waals surface area contributed by atoms with Crippen molar-refractivity contribution in [2.45, 2.75) is 17.7 Å². The maximum Gasteiger partial charge on any atom is 0.258 e. The van der Waals surface area contributed by atoms with Gasteiger partial charge in [-0.25, -0.2) is 12.8 Å². The second-order valence-corrected chi connectivity index (χ2v) is 8.09. The van der Waals surface area contributed by atoms with E-state index in [1.165, 1.54) is 10.4 Å². The lowest BCUT2D eigenvalue weighted by Crippen LogP contribution is -2.28. The zero-order valence-corrected chi connectivity index (χ0v) is 14.8. The average molecular weight is 383 g/mol. The van der Waals surface area contributed by atoms with Crippen LogP contribution in [0.4, 0.5) is 10.1 Å². The molecule has 0 aliphatic carbocycles. The van der Waals surface area contributed by atoms with Crippen LogP contribution in [0.5, 0.6) is 0 Å². The minimum absolute atomic E-state index is 0.0861. The highest BCUT2D eigenvalue weighted by atomic mass is 35.5. The van der Waals surface area contributed by atoms with Crippen LogP contribution in [0.15, 0.2) is 47.4 Å². The predicted octanol–water partition coefficient (Wildman–Crippen LogP) is 3.52. The molecular formula is C17H16ClFN2O3S. The molecule has 132 valence electrons. The van der Waals surface area contributed by atoms with Gasteiger partial charge < -0.3 is 5.32 Å². The second-order valence-electron chi connectivity index (χ2n) is 5.71. The van der Waals surface area contributed by atoms with E-state index in [-0.39, 0.29) is 10.5 Å². The van der Waals surface area contributed by atoms with Gasteiger partial charge in [-0.1, -0.05) is 11.6 Å². The van der Waals surface area contributed by atoms with E-state index in [1.54, 1.807) is 24.3 Å². The summed E-state index contributed by atoms with van der Waals surface area (Å²) in [6, 6.07) is 9.57. The van der Waals surface area contributed by atoms with E-state index >= 15 is 0 Å². The largest absolute Gasteiger partial charge is 0.322 e. The van der Waals surface area contributed by atoms with Gasteiger partial charge in [0, 0.05) is 23.8 Å². The van der Waals surface area contributed by atoms with E-state index in [0.717, 1.165) is 25.0 Å². The van der Waals surface area contributed by atoms with Gasteiger partial charge in [-0.05, 0) is 55.3 Å². The number of nitrogens with one attached hydrogen (secondary N) is 1. The quantitative estimate of drug-likeness (QED) is 0.879. The molecule has 2 aromatic rings. The number of anilines is 1. The summed E-state index contributed by atoms with van der Waals surface area (Å²) < 4.78 is 40.6. The number of carbonyl (C=O) groups is 1. The minimum Gasteiger partial charge on any atom is -0.322 e. The van der Waals surface area contributed by atoms with Crippen LogP contribution < -0.4 is 5.32 Å². The molecule has 8 heteroatoms. The van der Waals surface area contributed by atoms with Crippen LogP contribution >= 0.6 is 11.6 Å². The molecular weight excluding hydrogens is 367 g/mol. The first kappa shape index (κ1) is 17.8. The zero-order valence-electron chi connectivity index (χ0n) is 13.2. The minimum atomic E-state index is -3.72. The van der Waals surface area contributed by atoms with Crippen molar-refractivity contribution in [2.75, 3.05) is 18.4 Å². The number of benzene rings is 2. The van der Waals surface area contributed by atoms with E-state index in [2.05, 4.69) is 5.32 Å². The molecule has 1 aliphatic heterocycles. The first-order valence-corrected chi connectivity index (χ1v) is 9.56. The molecule has 5 nitrogen and oxygen atoms in total. The molecule has 1 heterocycles. The average Bonchev–Trinajstić information content (AvgIpc) is 3.12. The molecule has 1 N–H and O–H groups in total. The fraction of sp³-hybridized carbons (Fsp3) is 0.235. The van der Waals surface area contributed by atoms with Gasteiger partial charge in [0.25, 0.3) is 5.91 Å². The Morgan fingerprint density at radius 2 is 1.72 bits per heavy atom. The highest BCUT2D eigenvalue weighted by molar-refractivity contribution is 7.89. The van der Waals surface area contributed by atoms with Gasteiger partial charge >= 0.3 is 0 Å². The summed E-state index contributed by atoms with van der Waals surface area (Å²) in [6.07, 6.45) is 1.59. The van der Waals surface area contributed by atoms with Crippen molar-refractivity contribution in [1.29, 1.82) is 0 Å². The van der Waals surface area contributed by atoms with Crippen LogP contribution in [0.1, 0.15) is 23.2 Å². The molecule has 0 radical (unpaired) electrons. The summed E-state index contributed by atoms with van der Waals surface area (Å²) in [4.78, 5) is 12.2. The number of sulfonamides is 1. The Kier molecular flexibility index (Phi) is 5.08. The van der Waals surface area contributed by atoms with Gasteiger partial charge in [-0.3, -0.25) is 4.79 Å². The zero-order chi connectivity index (χ0) is 18.0. The van der Waals surface area contributed by atoms with Gasteiger partial charge in [-0.15, -0.1) is 0 Å². The Labute approximate surface area is 150 Å². The standard InChI is InChI=1S/C17H16ClFN2O3S/c18-12-3-5-13(6-4-12)20-17(22)15-11-14(7-8-16(15)19)25(23,24)21-9-1-2-10-21/h3-8,11H,1-2,9-10H2,(H,20,22). The Morgan fingerprint density at radius 1 is 1.08 bits per heavy atom. The van der Waals surface area contributed by atoms with Gasteiger partial charge in [0.05, 0.1) is 10.5 Å². The highest BCUT2D eigenvalue weighted by Crippen LogP contribution is 2.23. The summed E-state index contributed by atoms with van der Waals surface area (Å²) in [5, 5.41) is 3.03. The third-order valence-electron chi connectivity index (χ3n) is 3.99. The van der Waals surface area contributed by atoms with E-state index in [1.807, 2.05) is 0 Å². The van der Waals surface area contributed by atoms with Gasteiger partial charge in [0.15, 0.2) is 0 Å². The maximum absolute atomic E-state index is 14.1. The van der Waals surface area contributed by atoms with Crippen molar-refractivity contribution in [3.8, 4) is 0 Å². The number of nitrogens with zero attached hydrogens (tertiary/aromatic N) is 1. The van der Waals surface area contributed by atoms with Crippen molar-refractivity contribution < 1.29 is 17.6 Å². The van der Waals surface area contributed by atoms with Crippen LogP contribution in [0, 0.1) is 5.82 Å². The molecule has 3 rings (SSSR count). The molecule has 0 atom stereocenters. The van der Waals surface area contributed by atoms with E-state index < -0.39 is 21.7 Å². The summed E-state index contributed by atoms with van der Waals surface area (Å²) in [7, 11) is -3.72. The topological polar surface area (TPSA) is 66.5 Å². The number of amides is 1. The van der Waals surface area contributed by atoms with Crippen LogP contribution in [0.25, 0.3) is 0 Å². The first-order chi connectivity index (χ1) is 11.9. The van der Waals surface area contributed by atoms with Gasteiger partial charge in [0.1, 0.15) is 5.82 Å². The van der Waals surface area contributed by atoms with Crippen molar-refractivity contribution in [3.63, 3.8) is 0 Å². The van der Waals surface area contributed by atoms with Crippen molar-refractivity contribution in [2.24, 2.45) is 0 Å². The normalized spacial score (nSPS) is 15.3. The van der Waals surface area contributed by atoms with E-state index in [4.69, 9.17) is 11.6 Å². The fourth-order valence-electron chi connectivity index (χ4n) is 2.65. The summed E-state index contributed by atoms with van der Waals surface area (Å²) in [5.74, 6) is -1.51. The lowest BCUT2D eigenvalue weighted by Gasteiger charge is -2.16.